The molecule has 1 aliphatic rings. The van der Waals surface area contributed by atoms with Crippen molar-refractivity contribution in [1.29, 1.82) is 0 Å². The number of nitrogens with zero attached hydrogens (tertiary/aromatic N) is 3. The van der Waals surface area contributed by atoms with Crippen LogP contribution in [0.3, 0.4) is 0 Å². The van der Waals surface area contributed by atoms with Crippen molar-refractivity contribution >= 4 is 34.2 Å². The maximum Gasteiger partial charge on any atom is 0.230 e. The molecule has 24 heavy (non-hydrogen) atoms. The second-order valence-electron chi connectivity index (χ2n) is 6.41. The molecule has 1 saturated carbocycles. The van der Waals surface area contributed by atoms with E-state index in [1.54, 1.807) is 0 Å². The third kappa shape index (κ3) is 2.86. The molecule has 6 heteroatoms. The number of thioether (sulfide) groups is 1. The molecule has 0 radical (unpaired) electrons. The number of hydrogen-bond donors (Lipinski definition) is 1. The highest BCUT2D eigenvalue weighted by Gasteiger charge is 2.18. The Balaban J connectivity index is 1.54. The van der Waals surface area contributed by atoms with E-state index in [0.717, 1.165) is 22.9 Å². The van der Waals surface area contributed by atoms with Gasteiger partial charge in [0.05, 0.1) is 11.3 Å². The highest BCUT2D eigenvalue weighted by molar-refractivity contribution is 7.99. The molecule has 0 bridgehead atoms. The van der Waals surface area contributed by atoms with E-state index in [0.29, 0.717) is 11.7 Å². The highest BCUT2D eigenvalue weighted by atomic mass is 32.2. The SMILES string of the molecule is Cc1cc2nnc(SCC(=O)NCC3CCC3)n2c2ccccc12. The number of rotatable bonds is 5. The van der Waals surface area contributed by atoms with Crippen molar-refractivity contribution in [3.63, 3.8) is 0 Å². The smallest absolute Gasteiger partial charge is 0.230 e. The number of aryl methyl sites for hydroxylation is 1. The quantitative estimate of drug-likeness (QED) is 0.725. The third-order valence-electron chi connectivity index (χ3n) is 4.72. The Hall–Kier alpha value is -2.08. The molecular weight excluding hydrogens is 320 g/mol. The van der Waals surface area contributed by atoms with Crippen LogP contribution >= 0.6 is 11.8 Å². The number of amides is 1. The minimum atomic E-state index is 0.0695. The summed E-state index contributed by atoms with van der Waals surface area (Å²) in [6, 6.07) is 10.3. The van der Waals surface area contributed by atoms with Crippen LogP contribution < -0.4 is 5.32 Å². The molecule has 3 aromatic rings. The van der Waals surface area contributed by atoms with Crippen LogP contribution in [0.1, 0.15) is 24.8 Å². The summed E-state index contributed by atoms with van der Waals surface area (Å²) in [6.45, 7) is 2.89. The Morgan fingerprint density at radius 2 is 2.17 bits per heavy atom. The van der Waals surface area contributed by atoms with Crippen molar-refractivity contribution < 1.29 is 4.79 Å². The number of aromatic nitrogens is 3. The van der Waals surface area contributed by atoms with E-state index < -0.39 is 0 Å². The Bertz CT molecular complexity index is 901. The van der Waals surface area contributed by atoms with Gasteiger partial charge in [-0.15, -0.1) is 10.2 Å². The maximum atomic E-state index is 12.0. The average Bonchev–Trinajstić information content (AvgIpc) is 2.95. The minimum absolute atomic E-state index is 0.0695. The van der Waals surface area contributed by atoms with Crippen molar-refractivity contribution in [2.45, 2.75) is 31.3 Å². The van der Waals surface area contributed by atoms with Gasteiger partial charge in [0, 0.05) is 11.9 Å². The van der Waals surface area contributed by atoms with Gasteiger partial charge in [-0.2, -0.15) is 0 Å². The summed E-state index contributed by atoms with van der Waals surface area (Å²) >= 11 is 1.44. The second kappa shape index (κ2) is 6.43. The molecule has 5 nitrogen and oxygen atoms in total. The van der Waals surface area contributed by atoms with Gasteiger partial charge in [0.15, 0.2) is 10.8 Å². The highest BCUT2D eigenvalue weighted by Crippen LogP contribution is 2.26. The van der Waals surface area contributed by atoms with E-state index in [1.807, 2.05) is 22.6 Å². The molecule has 0 atom stereocenters. The van der Waals surface area contributed by atoms with Crippen LogP contribution in [-0.2, 0) is 4.79 Å². The molecule has 1 aliphatic carbocycles. The monoisotopic (exact) mass is 340 g/mol. The van der Waals surface area contributed by atoms with Gasteiger partial charge < -0.3 is 5.32 Å². The van der Waals surface area contributed by atoms with Crippen molar-refractivity contribution in [3.05, 3.63) is 35.9 Å². The van der Waals surface area contributed by atoms with Crippen LogP contribution in [0.2, 0.25) is 0 Å². The van der Waals surface area contributed by atoms with Gasteiger partial charge >= 0.3 is 0 Å². The molecule has 4 rings (SSSR count). The Labute approximate surface area is 144 Å². The largest absolute Gasteiger partial charge is 0.355 e. The zero-order valence-electron chi connectivity index (χ0n) is 13.7. The summed E-state index contributed by atoms with van der Waals surface area (Å²) in [5.74, 6) is 1.12. The molecule has 1 amide bonds. The van der Waals surface area contributed by atoms with Gasteiger partial charge in [-0.1, -0.05) is 36.4 Å². The van der Waals surface area contributed by atoms with E-state index in [1.165, 1.54) is 42.0 Å². The van der Waals surface area contributed by atoms with Crippen LogP contribution in [0.4, 0.5) is 0 Å². The lowest BCUT2D eigenvalue weighted by Crippen LogP contribution is -2.33. The lowest BCUT2D eigenvalue weighted by atomic mass is 9.85. The summed E-state index contributed by atoms with van der Waals surface area (Å²) < 4.78 is 2.03. The van der Waals surface area contributed by atoms with E-state index in [4.69, 9.17) is 0 Å². The van der Waals surface area contributed by atoms with Crippen molar-refractivity contribution in [2.24, 2.45) is 5.92 Å². The number of benzene rings is 1. The van der Waals surface area contributed by atoms with Crippen LogP contribution in [0, 0.1) is 12.8 Å². The second-order valence-corrected chi connectivity index (χ2v) is 7.35. The predicted molar refractivity (Wildman–Crippen MR) is 96.3 cm³/mol. The van der Waals surface area contributed by atoms with E-state index >= 15 is 0 Å². The number of fused-ring (bicyclic) bond motifs is 3. The molecule has 1 fully saturated rings. The standard InChI is InChI=1S/C18H20N4OS/c1-12-9-16-20-21-18(22(16)15-8-3-2-7-14(12)15)24-11-17(23)19-10-13-5-4-6-13/h2-3,7-9,13H,4-6,10-11H2,1H3,(H,19,23). The Morgan fingerprint density at radius 3 is 2.96 bits per heavy atom. The zero-order chi connectivity index (χ0) is 16.5. The number of hydrogen-bond acceptors (Lipinski definition) is 4. The molecule has 1 N–H and O–H groups in total. The first-order valence-corrected chi connectivity index (χ1v) is 9.34. The van der Waals surface area contributed by atoms with Crippen molar-refractivity contribution in [2.75, 3.05) is 12.3 Å². The van der Waals surface area contributed by atoms with E-state index in [-0.39, 0.29) is 5.91 Å². The molecule has 0 unspecified atom stereocenters. The van der Waals surface area contributed by atoms with Crippen molar-refractivity contribution in [3.8, 4) is 0 Å². The third-order valence-corrected chi connectivity index (χ3v) is 5.65. The predicted octanol–water partition coefficient (Wildman–Crippen LogP) is 3.20. The lowest BCUT2D eigenvalue weighted by molar-refractivity contribution is -0.118. The normalized spacial score (nSPS) is 14.9. The molecule has 1 aromatic carbocycles. The summed E-state index contributed by atoms with van der Waals surface area (Å²) in [4.78, 5) is 12.0. The summed E-state index contributed by atoms with van der Waals surface area (Å²) in [6.07, 6.45) is 3.79. The summed E-state index contributed by atoms with van der Waals surface area (Å²) in [5, 5.41) is 13.5. The topological polar surface area (TPSA) is 59.3 Å². The van der Waals surface area contributed by atoms with Gasteiger partial charge in [-0.3, -0.25) is 9.20 Å². The van der Waals surface area contributed by atoms with Crippen LogP contribution in [0.15, 0.2) is 35.5 Å². The fraction of sp³-hybridized carbons (Fsp3) is 0.389. The van der Waals surface area contributed by atoms with Gasteiger partial charge in [0.1, 0.15) is 0 Å². The van der Waals surface area contributed by atoms with Crippen LogP contribution in [0.5, 0.6) is 0 Å². The van der Waals surface area contributed by atoms with Crippen molar-refractivity contribution in [1.82, 2.24) is 19.9 Å². The number of carbonyl (C=O) groups is 1. The molecule has 124 valence electrons. The number of pyridine rings is 1. The maximum absolute atomic E-state index is 12.0. The molecule has 0 spiro atoms. The van der Waals surface area contributed by atoms with Gasteiger partial charge in [-0.05, 0) is 43.4 Å². The molecular formula is C18H20N4OS. The van der Waals surface area contributed by atoms with E-state index in [9.17, 15) is 4.79 Å². The Morgan fingerprint density at radius 1 is 1.33 bits per heavy atom. The molecule has 2 heterocycles. The summed E-state index contributed by atoms with van der Waals surface area (Å²) in [5.41, 5.74) is 3.08. The Kier molecular flexibility index (Phi) is 4.14. The zero-order valence-corrected chi connectivity index (χ0v) is 14.5. The molecule has 0 aliphatic heterocycles. The first-order chi connectivity index (χ1) is 11.7. The number of nitrogens with one attached hydrogen (secondary N) is 1. The minimum Gasteiger partial charge on any atom is -0.355 e. The van der Waals surface area contributed by atoms with Gasteiger partial charge in [-0.25, -0.2) is 0 Å². The van der Waals surface area contributed by atoms with Crippen LogP contribution in [0.25, 0.3) is 16.6 Å². The van der Waals surface area contributed by atoms with Crippen LogP contribution in [-0.4, -0.2) is 32.8 Å². The average molecular weight is 340 g/mol. The fourth-order valence-corrected chi connectivity index (χ4v) is 3.89. The molecule has 2 aromatic heterocycles. The van der Waals surface area contributed by atoms with E-state index in [2.05, 4.69) is 34.6 Å². The first-order valence-electron chi connectivity index (χ1n) is 8.35. The first kappa shape index (κ1) is 15.4. The number of para-hydroxylation sites is 1. The lowest BCUT2D eigenvalue weighted by Gasteiger charge is -2.25. The van der Waals surface area contributed by atoms with Gasteiger partial charge in [0.2, 0.25) is 5.91 Å². The summed E-state index contributed by atoms with van der Waals surface area (Å²) in [7, 11) is 0. The van der Waals surface area contributed by atoms with Gasteiger partial charge in [0.25, 0.3) is 0 Å². The molecule has 0 saturated heterocycles. The fourth-order valence-electron chi connectivity index (χ4n) is 3.10. The number of carbonyl (C=O) groups excluding carboxylic acids is 1.